The Bertz CT molecular complexity index is 536. The quantitative estimate of drug-likeness (QED) is 0.671. The minimum Gasteiger partial charge on any atom is -0.477 e. The first-order valence-electron chi connectivity index (χ1n) is 6.31. The molecule has 108 valence electrons. The zero-order valence-corrected chi connectivity index (χ0v) is 11.3. The number of carbonyl (C=O) groups is 1. The van der Waals surface area contributed by atoms with E-state index in [0.717, 1.165) is 0 Å². The zero-order valence-electron chi connectivity index (χ0n) is 11.3. The number of para-hydroxylation sites is 1. The van der Waals surface area contributed by atoms with Crippen LogP contribution in [0.1, 0.15) is 24.2 Å². The van der Waals surface area contributed by atoms with Crippen LogP contribution in [0, 0.1) is 10.1 Å². The Morgan fingerprint density at radius 2 is 2.00 bits per heavy atom. The van der Waals surface area contributed by atoms with Crippen molar-refractivity contribution in [1.29, 1.82) is 0 Å². The number of morpholine rings is 1. The topological polar surface area (TPSA) is 92.9 Å². The van der Waals surface area contributed by atoms with Crippen molar-refractivity contribution in [1.82, 2.24) is 0 Å². The number of hydrogen-bond donors (Lipinski definition) is 1. The molecule has 0 aromatic heterocycles. The lowest BCUT2D eigenvalue weighted by Gasteiger charge is -2.36. The smallest absolute Gasteiger partial charge is 0.342 e. The molecule has 0 unspecified atom stereocenters. The molecule has 1 aromatic carbocycles. The van der Waals surface area contributed by atoms with Gasteiger partial charge in [-0.15, -0.1) is 0 Å². The molecule has 1 N–H and O–H groups in total. The summed E-state index contributed by atoms with van der Waals surface area (Å²) in [5.74, 6) is -1.30. The van der Waals surface area contributed by atoms with E-state index in [2.05, 4.69) is 0 Å². The number of rotatable bonds is 3. The van der Waals surface area contributed by atoms with Crippen molar-refractivity contribution in [2.45, 2.75) is 26.1 Å². The maximum Gasteiger partial charge on any atom is 0.342 e. The van der Waals surface area contributed by atoms with Gasteiger partial charge in [0.1, 0.15) is 11.3 Å². The number of aromatic carboxylic acids is 1. The van der Waals surface area contributed by atoms with E-state index in [-0.39, 0.29) is 23.5 Å². The van der Waals surface area contributed by atoms with Gasteiger partial charge < -0.3 is 14.7 Å². The van der Waals surface area contributed by atoms with Gasteiger partial charge in [0.15, 0.2) is 0 Å². The third-order valence-electron chi connectivity index (χ3n) is 3.19. The molecule has 0 amide bonds. The average molecular weight is 280 g/mol. The predicted octanol–water partition coefficient (Wildman–Crippen LogP) is 1.91. The third kappa shape index (κ3) is 2.72. The number of ether oxygens (including phenoxy) is 1. The molecule has 2 rings (SSSR count). The molecule has 0 radical (unpaired) electrons. The van der Waals surface area contributed by atoms with Crippen molar-refractivity contribution < 1.29 is 19.6 Å². The lowest BCUT2D eigenvalue weighted by atomic mass is 10.1. The van der Waals surface area contributed by atoms with Gasteiger partial charge in [0.2, 0.25) is 0 Å². The SMILES string of the molecule is C[C@@H]1CN(c2cccc(C(=O)O)c2[N+](=O)[O-])C[C@H](C)O1. The molecule has 0 bridgehead atoms. The van der Waals surface area contributed by atoms with Crippen LogP contribution in [0.25, 0.3) is 0 Å². The Morgan fingerprint density at radius 1 is 1.40 bits per heavy atom. The Hall–Kier alpha value is -2.15. The van der Waals surface area contributed by atoms with Gasteiger partial charge in [0.05, 0.1) is 17.1 Å². The molecule has 7 nitrogen and oxygen atoms in total. The summed E-state index contributed by atoms with van der Waals surface area (Å²) >= 11 is 0. The molecule has 1 fully saturated rings. The van der Waals surface area contributed by atoms with E-state index in [4.69, 9.17) is 9.84 Å². The van der Waals surface area contributed by atoms with Crippen molar-refractivity contribution in [3.8, 4) is 0 Å². The molecule has 0 spiro atoms. The van der Waals surface area contributed by atoms with E-state index < -0.39 is 10.9 Å². The van der Waals surface area contributed by atoms with Crippen molar-refractivity contribution in [2.24, 2.45) is 0 Å². The highest BCUT2D eigenvalue weighted by Gasteiger charge is 2.31. The molecule has 1 aromatic rings. The summed E-state index contributed by atoms with van der Waals surface area (Å²) in [4.78, 5) is 23.6. The third-order valence-corrected chi connectivity index (χ3v) is 3.19. The fourth-order valence-corrected chi connectivity index (χ4v) is 2.53. The van der Waals surface area contributed by atoms with E-state index in [1.54, 1.807) is 6.07 Å². The summed E-state index contributed by atoms with van der Waals surface area (Å²) in [7, 11) is 0. The van der Waals surface area contributed by atoms with Gasteiger partial charge in [-0.05, 0) is 26.0 Å². The molecule has 2 atom stereocenters. The van der Waals surface area contributed by atoms with Gasteiger partial charge in [0, 0.05) is 13.1 Å². The van der Waals surface area contributed by atoms with Crippen LogP contribution in [-0.4, -0.2) is 41.3 Å². The molecular formula is C13H16N2O5. The number of nitrogens with zero attached hydrogens (tertiary/aromatic N) is 2. The number of carboxylic acid groups (broad SMARTS) is 1. The van der Waals surface area contributed by atoms with Crippen LogP contribution in [0.4, 0.5) is 11.4 Å². The van der Waals surface area contributed by atoms with Crippen LogP contribution >= 0.6 is 0 Å². The van der Waals surface area contributed by atoms with Crippen LogP contribution in [-0.2, 0) is 4.74 Å². The molecule has 1 saturated heterocycles. The monoisotopic (exact) mass is 280 g/mol. The van der Waals surface area contributed by atoms with Crippen LogP contribution in [0.3, 0.4) is 0 Å². The van der Waals surface area contributed by atoms with Gasteiger partial charge >= 0.3 is 11.7 Å². The number of anilines is 1. The number of hydrogen-bond acceptors (Lipinski definition) is 5. The standard InChI is InChI=1S/C13H16N2O5/c1-8-6-14(7-9(2)20-8)11-5-3-4-10(13(16)17)12(11)15(18)19/h3-5,8-9H,6-7H2,1-2H3,(H,16,17)/t8-,9+. The largest absolute Gasteiger partial charge is 0.477 e. The molecule has 20 heavy (non-hydrogen) atoms. The van der Waals surface area contributed by atoms with E-state index in [9.17, 15) is 14.9 Å². The van der Waals surface area contributed by atoms with E-state index in [0.29, 0.717) is 18.8 Å². The molecule has 0 aliphatic carbocycles. The van der Waals surface area contributed by atoms with E-state index in [1.165, 1.54) is 12.1 Å². The van der Waals surface area contributed by atoms with E-state index in [1.807, 2.05) is 18.7 Å². The number of carboxylic acids is 1. The second kappa shape index (κ2) is 5.46. The van der Waals surface area contributed by atoms with E-state index >= 15 is 0 Å². The molecular weight excluding hydrogens is 264 g/mol. The highest BCUT2D eigenvalue weighted by atomic mass is 16.6. The van der Waals surface area contributed by atoms with Crippen molar-refractivity contribution >= 4 is 17.3 Å². The minimum absolute atomic E-state index is 0.0631. The highest BCUT2D eigenvalue weighted by molar-refractivity contribution is 5.95. The molecule has 1 aliphatic heterocycles. The summed E-state index contributed by atoms with van der Waals surface area (Å²) in [6.07, 6.45) is -0.126. The van der Waals surface area contributed by atoms with Gasteiger partial charge in [-0.2, -0.15) is 0 Å². The molecule has 1 heterocycles. The van der Waals surface area contributed by atoms with Crippen LogP contribution in [0.15, 0.2) is 18.2 Å². The van der Waals surface area contributed by atoms with Gasteiger partial charge in [-0.1, -0.05) is 6.07 Å². The maximum atomic E-state index is 11.2. The fraction of sp³-hybridized carbons (Fsp3) is 0.462. The van der Waals surface area contributed by atoms with Crippen molar-refractivity contribution in [3.63, 3.8) is 0 Å². The lowest BCUT2D eigenvalue weighted by molar-refractivity contribution is -0.384. The van der Waals surface area contributed by atoms with Gasteiger partial charge in [-0.25, -0.2) is 4.79 Å². The Morgan fingerprint density at radius 3 is 2.50 bits per heavy atom. The lowest BCUT2D eigenvalue weighted by Crippen LogP contribution is -2.45. The minimum atomic E-state index is -1.30. The maximum absolute atomic E-state index is 11.2. The Kier molecular flexibility index (Phi) is 3.89. The second-order valence-corrected chi connectivity index (χ2v) is 4.90. The normalized spacial score (nSPS) is 22.6. The second-order valence-electron chi connectivity index (χ2n) is 4.90. The summed E-state index contributed by atoms with van der Waals surface area (Å²) in [5.41, 5.74) is -0.322. The van der Waals surface area contributed by atoms with Crippen LogP contribution in [0.2, 0.25) is 0 Å². The molecule has 7 heteroatoms. The van der Waals surface area contributed by atoms with Crippen LogP contribution in [0.5, 0.6) is 0 Å². The van der Waals surface area contributed by atoms with Crippen molar-refractivity contribution in [2.75, 3.05) is 18.0 Å². The van der Waals surface area contributed by atoms with Gasteiger partial charge in [-0.3, -0.25) is 10.1 Å². The van der Waals surface area contributed by atoms with Gasteiger partial charge in [0.25, 0.3) is 0 Å². The highest BCUT2D eigenvalue weighted by Crippen LogP contribution is 2.33. The van der Waals surface area contributed by atoms with Crippen LogP contribution < -0.4 is 4.90 Å². The zero-order chi connectivity index (χ0) is 14.9. The Labute approximate surface area is 115 Å². The number of benzene rings is 1. The Balaban J connectivity index is 2.48. The van der Waals surface area contributed by atoms with Crippen molar-refractivity contribution in [3.05, 3.63) is 33.9 Å². The predicted molar refractivity (Wildman–Crippen MR) is 72.3 cm³/mol. The summed E-state index contributed by atoms with van der Waals surface area (Å²) in [5, 5.41) is 20.3. The number of nitro benzene ring substituents is 1. The summed E-state index contributed by atoms with van der Waals surface area (Å²) in [6, 6.07) is 4.35. The fourth-order valence-electron chi connectivity index (χ4n) is 2.53. The first kappa shape index (κ1) is 14.3. The first-order chi connectivity index (χ1) is 9.40. The first-order valence-corrected chi connectivity index (χ1v) is 6.31. The average Bonchev–Trinajstić information content (AvgIpc) is 2.36. The summed E-state index contributed by atoms with van der Waals surface area (Å²) in [6.45, 7) is 4.76. The summed E-state index contributed by atoms with van der Waals surface area (Å²) < 4.78 is 5.59. The molecule has 0 saturated carbocycles. The molecule has 1 aliphatic rings. The number of nitro groups is 1.